The minimum Gasteiger partial charge on any atom is -0.387 e. The Labute approximate surface area is 225 Å². The molecule has 0 bridgehead atoms. The molecule has 1 aliphatic rings. The van der Waals surface area contributed by atoms with Gasteiger partial charge in [-0.05, 0) is 55.2 Å². The molecule has 37 heavy (non-hydrogen) atoms. The Morgan fingerprint density at radius 3 is 2.54 bits per heavy atom. The Kier molecular flexibility index (Phi) is 11.4. The van der Waals surface area contributed by atoms with E-state index in [-0.39, 0.29) is 17.7 Å². The van der Waals surface area contributed by atoms with Crippen LogP contribution in [0, 0.1) is 0 Å². The van der Waals surface area contributed by atoms with Crippen molar-refractivity contribution in [3.63, 3.8) is 0 Å². The maximum absolute atomic E-state index is 12.0. The average molecular weight is 548 g/mol. The predicted octanol–water partition coefficient (Wildman–Crippen LogP) is 5.01. The zero-order valence-electron chi connectivity index (χ0n) is 21.6. The highest BCUT2D eigenvalue weighted by Crippen LogP contribution is 2.18. The Balaban J connectivity index is 1.48. The third-order valence-corrected chi connectivity index (χ3v) is 7.20. The highest BCUT2D eigenvalue weighted by atomic mass is 35.5. The number of aliphatic hydroxyl groups is 1. The first kappa shape index (κ1) is 29.1. The van der Waals surface area contributed by atoms with E-state index in [9.17, 15) is 13.5 Å². The Morgan fingerprint density at radius 1 is 1.08 bits per heavy atom. The largest absolute Gasteiger partial charge is 0.387 e. The molecule has 0 radical (unpaired) electrons. The van der Waals surface area contributed by atoms with Crippen LogP contribution in [0.3, 0.4) is 0 Å². The van der Waals surface area contributed by atoms with Crippen LogP contribution in [0.5, 0.6) is 0 Å². The molecule has 0 spiro atoms. The normalized spacial score (nSPS) is 17.3. The molecule has 8 nitrogen and oxygen atoms in total. The topological polar surface area (TPSA) is 115 Å². The van der Waals surface area contributed by atoms with Crippen LogP contribution in [-0.2, 0) is 16.6 Å². The summed E-state index contributed by atoms with van der Waals surface area (Å²) >= 11 is 6.01. The number of anilines is 1. The summed E-state index contributed by atoms with van der Waals surface area (Å²) in [5, 5.41) is 17.4. The Morgan fingerprint density at radius 2 is 1.81 bits per heavy atom. The molecule has 0 saturated heterocycles. The highest BCUT2D eigenvalue weighted by Gasteiger charge is 2.26. The molecule has 0 fully saturated rings. The summed E-state index contributed by atoms with van der Waals surface area (Å²) in [6.45, 7) is 5.23. The van der Waals surface area contributed by atoms with Crippen molar-refractivity contribution in [2.24, 2.45) is 9.39 Å². The zero-order valence-corrected chi connectivity index (χ0v) is 23.2. The van der Waals surface area contributed by atoms with Crippen molar-refractivity contribution in [3.8, 4) is 0 Å². The van der Waals surface area contributed by atoms with E-state index in [1.807, 2.05) is 36.4 Å². The molecular weight excluding hydrogens is 510 g/mol. The molecule has 202 valence electrons. The molecule has 0 saturated carbocycles. The van der Waals surface area contributed by atoms with Crippen LogP contribution in [-0.4, -0.2) is 44.3 Å². The molecular formula is C27H38ClN5O3S. The van der Waals surface area contributed by atoms with Crippen LogP contribution in [0.2, 0.25) is 5.02 Å². The molecule has 2 aromatic carbocycles. The van der Waals surface area contributed by atoms with Crippen LogP contribution in [0.15, 0.2) is 57.9 Å². The maximum atomic E-state index is 12.0. The van der Waals surface area contributed by atoms with Crippen molar-refractivity contribution in [2.75, 3.05) is 18.4 Å². The van der Waals surface area contributed by atoms with Gasteiger partial charge in [-0.3, -0.25) is 4.99 Å². The number of benzene rings is 2. The third-order valence-electron chi connectivity index (χ3n) is 6.09. The van der Waals surface area contributed by atoms with Crippen molar-refractivity contribution in [1.82, 2.24) is 10.0 Å². The van der Waals surface area contributed by atoms with Crippen molar-refractivity contribution >= 4 is 39.2 Å². The van der Waals surface area contributed by atoms with Crippen molar-refractivity contribution < 1.29 is 13.5 Å². The lowest BCUT2D eigenvalue weighted by atomic mass is 10.1. The van der Waals surface area contributed by atoms with Gasteiger partial charge in [-0.1, -0.05) is 74.9 Å². The molecule has 4 N–H and O–H groups in total. The van der Waals surface area contributed by atoms with E-state index >= 15 is 0 Å². The predicted molar refractivity (Wildman–Crippen MR) is 153 cm³/mol. The van der Waals surface area contributed by atoms with Crippen LogP contribution in [0.4, 0.5) is 5.69 Å². The summed E-state index contributed by atoms with van der Waals surface area (Å²) in [6.07, 6.45) is 6.98. The van der Waals surface area contributed by atoms with E-state index in [1.54, 1.807) is 12.1 Å². The van der Waals surface area contributed by atoms with E-state index in [2.05, 4.69) is 38.6 Å². The Bertz CT molecular complexity index is 1170. The molecule has 0 aliphatic carbocycles. The van der Waals surface area contributed by atoms with Crippen LogP contribution < -0.4 is 15.4 Å². The monoisotopic (exact) mass is 547 g/mol. The van der Waals surface area contributed by atoms with Gasteiger partial charge in [0.15, 0.2) is 11.7 Å². The fraction of sp³-hybridized carbons (Fsp3) is 0.481. The van der Waals surface area contributed by atoms with E-state index in [0.717, 1.165) is 36.1 Å². The summed E-state index contributed by atoms with van der Waals surface area (Å²) in [5.41, 5.74) is 2.62. The van der Waals surface area contributed by atoms with Gasteiger partial charge in [-0.15, -0.1) is 4.40 Å². The standard InChI is InChI=1S/C27H38ClN5O3S/c1-3-4-5-6-7-8-16-29-26-27(33-37(35,36)32-26)31-24-14-12-21(13-15-24)17-20(2)30-19-25(34)22-10-9-11-23(28)18-22/h9-15,18,20,25,30,34H,3-8,16-17,19H2,1-2H3,(H,29,32)(H,31,33)/t20?,25-/m0/s1. The lowest BCUT2D eigenvalue weighted by molar-refractivity contribution is 0.170. The number of nitrogens with zero attached hydrogens (tertiary/aromatic N) is 2. The van der Waals surface area contributed by atoms with Gasteiger partial charge in [0.05, 0.1) is 6.10 Å². The van der Waals surface area contributed by atoms with Crippen LogP contribution >= 0.6 is 11.6 Å². The third kappa shape index (κ3) is 10.1. The molecule has 2 aromatic rings. The summed E-state index contributed by atoms with van der Waals surface area (Å²) in [4.78, 5) is 4.43. The molecule has 1 heterocycles. The van der Waals surface area contributed by atoms with E-state index < -0.39 is 16.3 Å². The average Bonchev–Trinajstić information content (AvgIpc) is 3.15. The molecule has 1 unspecified atom stereocenters. The van der Waals surface area contributed by atoms with Gasteiger partial charge < -0.3 is 15.7 Å². The number of nitrogens with one attached hydrogen (secondary N) is 3. The van der Waals surface area contributed by atoms with Crippen molar-refractivity contribution in [3.05, 3.63) is 64.7 Å². The minimum absolute atomic E-state index is 0.141. The van der Waals surface area contributed by atoms with Crippen molar-refractivity contribution in [2.45, 2.75) is 70.9 Å². The SMILES string of the molecule is CCCCCCCCN=C1NS(=O)(=O)N=C1Nc1ccc(CC(C)NC[C@H](O)c2cccc(Cl)c2)cc1. The summed E-state index contributed by atoms with van der Waals surface area (Å²) in [5.74, 6) is 0.470. The van der Waals surface area contributed by atoms with Gasteiger partial charge in [0, 0.05) is 29.8 Å². The van der Waals surface area contributed by atoms with Gasteiger partial charge in [-0.2, -0.15) is 8.42 Å². The van der Waals surface area contributed by atoms with Gasteiger partial charge in [0.25, 0.3) is 0 Å². The number of hydrogen-bond acceptors (Lipinski definition) is 6. The number of hydrogen-bond donors (Lipinski definition) is 4. The quantitative estimate of drug-likeness (QED) is 0.248. The van der Waals surface area contributed by atoms with Crippen LogP contribution in [0.1, 0.15) is 69.6 Å². The second kappa shape index (κ2) is 14.5. The summed E-state index contributed by atoms with van der Waals surface area (Å²) in [7, 11) is -3.77. The first-order chi connectivity index (χ1) is 17.8. The van der Waals surface area contributed by atoms with Crippen molar-refractivity contribution in [1.29, 1.82) is 0 Å². The molecule has 10 heteroatoms. The number of rotatable bonds is 14. The molecule has 1 aliphatic heterocycles. The summed E-state index contributed by atoms with van der Waals surface area (Å²) in [6, 6.07) is 15.1. The lowest BCUT2D eigenvalue weighted by Crippen LogP contribution is -2.32. The van der Waals surface area contributed by atoms with E-state index in [1.165, 1.54) is 25.7 Å². The molecule has 0 aromatic heterocycles. The zero-order chi connectivity index (χ0) is 26.7. The number of amidine groups is 2. The van der Waals surface area contributed by atoms with Crippen LogP contribution in [0.25, 0.3) is 0 Å². The van der Waals surface area contributed by atoms with E-state index in [4.69, 9.17) is 11.6 Å². The molecule has 3 rings (SSSR count). The second-order valence-electron chi connectivity index (χ2n) is 9.42. The second-order valence-corrected chi connectivity index (χ2v) is 11.2. The fourth-order valence-electron chi connectivity index (χ4n) is 4.06. The smallest absolute Gasteiger partial charge is 0.345 e. The lowest BCUT2D eigenvalue weighted by Gasteiger charge is -2.18. The molecule has 0 amide bonds. The number of halogens is 1. The van der Waals surface area contributed by atoms with Gasteiger partial charge in [-0.25, -0.2) is 4.72 Å². The number of aliphatic hydroxyl groups excluding tert-OH is 1. The van der Waals surface area contributed by atoms with Gasteiger partial charge in [0.1, 0.15) is 0 Å². The van der Waals surface area contributed by atoms with E-state index in [0.29, 0.717) is 18.1 Å². The number of unbranched alkanes of at least 4 members (excludes halogenated alkanes) is 5. The Hall–Kier alpha value is -2.46. The highest BCUT2D eigenvalue weighted by molar-refractivity contribution is 7.89. The van der Waals surface area contributed by atoms with Gasteiger partial charge >= 0.3 is 10.2 Å². The van der Waals surface area contributed by atoms with Gasteiger partial charge in [0.2, 0.25) is 0 Å². The molecule has 2 atom stereocenters. The number of aliphatic imine (C=N–C) groups is 1. The first-order valence-corrected chi connectivity index (χ1v) is 14.8. The summed E-state index contributed by atoms with van der Waals surface area (Å²) < 4.78 is 30.2. The fourth-order valence-corrected chi connectivity index (χ4v) is 5.08. The maximum Gasteiger partial charge on any atom is 0.345 e. The minimum atomic E-state index is -3.77. The first-order valence-electron chi connectivity index (χ1n) is 13.0.